The number of rotatable bonds is 3. The second kappa shape index (κ2) is 6.60. The fourth-order valence-electron chi connectivity index (χ4n) is 3.51. The van der Waals surface area contributed by atoms with E-state index in [2.05, 4.69) is 14.9 Å². The number of carbonyl (C=O) groups is 1. The Bertz CT molecular complexity index is 511. The van der Waals surface area contributed by atoms with Crippen molar-refractivity contribution < 1.29 is 9.90 Å². The molecule has 0 bridgehead atoms. The molecule has 1 N–H and O–H groups in total. The summed E-state index contributed by atoms with van der Waals surface area (Å²) in [6.07, 6.45) is 7.73. The molecule has 2 fully saturated rings. The second-order valence-corrected chi connectivity index (χ2v) is 6.25. The van der Waals surface area contributed by atoms with E-state index in [4.69, 9.17) is 0 Å². The number of aliphatic hydroxyl groups is 1. The van der Waals surface area contributed by atoms with Gasteiger partial charge in [-0.3, -0.25) is 9.78 Å². The third-order valence-corrected chi connectivity index (χ3v) is 4.90. The van der Waals surface area contributed by atoms with Crippen molar-refractivity contribution in [3.63, 3.8) is 0 Å². The van der Waals surface area contributed by atoms with E-state index >= 15 is 0 Å². The van der Waals surface area contributed by atoms with Gasteiger partial charge in [-0.15, -0.1) is 0 Å². The van der Waals surface area contributed by atoms with Crippen LogP contribution in [0.1, 0.15) is 44.2 Å². The molecule has 0 aromatic carbocycles. The van der Waals surface area contributed by atoms with Gasteiger partial charge in [0.2, 0.25) is 5.91 Å². The largest absolute Gasteiger partial charge is 0.394 e. The summed E-state index contributed by atoms with van der Waals surface area (Å²) in [5, 5.41) is 9.40. The zero-order chi connectivity index (χ0) is 15.5. The lowest BCUT2D eigenvalue weighted by Gasteiger charge is -2.31. The summed E-state index contributed by atoms with van der Waals surface area (Å²) in [5.74, 6) is 1.41. The zero-order valence-corrected chi connectivity index (χ0v) is 13.1. The highest BCUT2D eigenvalue weighted by molar-refractivity contribution is 5.73. The molecule has 1 aromatic rings. The van der Waals surface area contributed by atoms with Crippen molar-refractivity contribution in [2.45, 2.75) is 44.6 Å². The number of anilines is 1. The van der Waals surface area contributed by atoms with Gasteiger partial charge in [0.1, 0.15) is 5.82 Å². The van der Waals surface area contributed by atoms with E-state index in [0.717, 1.165) is 56.8 Å². The van der Waals surface area contributed by atoms with Gasteiger partial charge in [-0.2, -0.15) is 0 Å². The van der Waals surface area contributed by atoms with Crippen LogP contribution in [-0.4, -0.2) is 58.2 Å². The van der Waals surface area contributed by atoms with Crippen LogP contribution in [0.4, 0.5) is 5.82 Å². The fourth-order valence-corrected chi connectivity index (χ4v) is 3.51. The molecule has 2 aliphatic heterocycles. The highest BCUT2D eigenvalue weighted by atomic mass is 16.3. The van der Waals surface area contributed by atoms with Crippen LogP contribution in [-0.2, 0) is 4.79 Å². The van der Waals surface area contributed by atoms with Crippen LogP contribution in [0, 0.1) is 0 Å². The van der Waals surface area contributed by atoms with Gasteiger partial charge in [0.15, 0.2) is 0 Å². The van der Waals surface area contributed by atoms with Crippen LogP contribution in [0.2, 0.25) is 0 Å². The number of likely N-dealkylation sites (tertiary alicyclic amines) is 1. The first-order chi connectivity index (χ1) is 10.7. The first kappa shape index (κ1) is 15.2. The van der Waals surface area contributed by atoms with Crippen LogP contribution < -0.4 is 4.90 Å². The van der Waals surface area contributed by atoms with Crippen molar-refractivity contribution in [1.82, 2.24) is 14.9 Å². The Morgan fingerprint density at radius 1 is 1.23 bits per heavy atom. The maximum absolute atomic E-state index is 11.4. The van der Waals surface area contributed by atoms with E-state index < -0.39 is 0 Å². The molecular weight excluding hydrogens is 280 g/mol. The predicted molar refractivity (Wildman–Crippen MR) is 83.7 cm³/mol. The quantitative estimate of drug-likeness (QED) is 0.907. The van der Waals surface area contributed by atoms with Crippen molar-refractivity contribution in [2.75, 3.05) is 31.1 Å². The molecule has 0 aliphatic carbocycles. The minimum absolute atomic E-state index is 0.156. The number of piperidine rings is 1. The predicted octanol–water partition coefficient (Wildman–Crippen LogP) is 1.16. The number of carbonyl (C=O) groups excluding carboxylic acids is 1. The molecule has 1 atom stereocenters. The highest BCUT2D eigenvalue weighted by Gasteiger charge is 2.26. The SMILES string of the molecule is CC(=O)N1CCC(c2cnc(N3CCC[C@@H]3CO)cn2)CC1. The topological polar surface area (TPSA) is 69.6 Å². The molecule has 0 radical (unpaired) electrons. The monoisotopic (exact) mass is 304 g/mol. The van der Waals surface area contributed by atoms with E-state index in [-0.39, 0.29) is 18.6 Å². The van der Waals surface area contributed by atoms with Crippen LogP contribution in [0.5, 0.6) is 0 Å². The summed E-state index contributed by atoms with van der Waals surface area (Å²) >= 11 is 0. The van der Waals surface area contributed by atoms with Gasteiger partial charge in [-0.1, -0.05) is 0 Å². The molecule has 1 aromatic heterocycles. The molecule has 2 aliphatic rings. The van der Waals surface area contributed by atoms with Crippen molar-refractivity contribution >= 4 is 11.7 Å². The summed E-state index contributed by atoms with van der Waals surface area (Å²) in [6, 6.07) is 0.180. The van der Waals surface area contributed by atoms with Crippen LogP contribution >= 0.6 is 0 Å². The average Bonchev–Trinajstić information content (AvgIpc) is 3.04. The van der Waals surface area contributed by atoms with E-state index in [0.29, 0.717) is 5.92 Å². The van der Waals surface area contributed by atoms with E-state index in [1.165, 1.54) is 0 Å². The molecule has 6 heteroatoms. The van der Waals surface area contributed by atoms with Gasteiger partial charge in [-0.05, 0) is 25.7 Å². The van der Waals surface area contributed by atoms with Gasteiger partial charge in [0, 0.05) is 32.5 Å². The number of nitrogens with zero attached hydrogens (tertiary/aromatic N) is 4. The van der Waals surface area contributed by atoms with Crippen LogP contribution in [0.3, 0.4) is 0 Å². The van der Waals surface area contributed by atoms with Crippen molar-refractivity contribution in [3.8, 4) is 0 Å². The Labute approximate surface area is 131 Å². The molecule has 0 unspecified atom stereocenters. The molecule has 22 heavy (non-hydrogen) atoms. The number of aliphatic hydroxyl groups excluding tert-OH is 1. The molecule has 2 saturated heterocycles. The van der Waals surface area contributed by atoms with Gasteiger partial charge >= 0.3 is 0 Å². The Hall–Kier alpha value is -1.69. The minimum atomic E-state index is 0.156. The third-order valence-electron chi connectivity index (χ3n) is 4.90. The Morgan fingerprint density at radius 2 is 2.00 bits per heavy atom. The summed E-state index contributed by atoms with van der Waals surface area (Å²) in [5.41, 5.74) is 1.02. The average molecular weight is 304 g/mol. The molecule has 3 heterocycles. The lowest BCUT2D eigenvalue weighted by molar-refractivity contribution is -0.129. The Kier molecular flexibility index (Phi) is 4.57. The van der Waals surface area contributed by atoms with Crippen molar-refractivity contribution in [1.29, 1.82) is 0 Å². The number of amides is 1. The molecule has 3 rings (SSSR count). The zero-order valence-electron chi connectivity index (χ0n) is 13.1. The molecule has 0 spiro atoms. The Balaban J connectivity index is 1.64. The number of hydrogen-bond acceptors (Lipinski definition) is 5. The maximum atomic E-state index is 11.4. The number of hydrogen-bond donors (Lipinski definition) is 1. The summed E-state index contributed by atoms with van der Waals surface area (Å²) in [7, 11) is 0. The first-order valence-corrected chi connectivity index (χ1v) is 8.14. The van der Waals surface area contributed by atoms with Crippen molar-refractivity contribution in [2.24, 2.45) is 0 Å². The van der Waals surface area contributed by atoms with Gasteiger partial charge in [0.25, 0.3) is 0 Å². The fraction of sp³-hybridized carbons (Fsp3) is 0.688. The second-order valence-electron chi connectivity index (χ2n) is 6.25. The lowest BCUT2D eigenvalue weighted by atomic mass is 9.94. The number of aromatic nitrogens is 2. The van der Waals surface area contributed by atoms with Crippen LogP contribution in [0.15, 0.2) is 12.4 Å². The first-order valence-electron chi connectivity index (χ1n) is 8.14. The molecule has 1 amide bonds. The normalized spacial score (nSPS) is 23.1. The lowest BCUT2D eigenvalue weighted by Crippen LogP contribution is -2.36. The minimum Gasteiger partial charge on any atom is -0.394 e. The molecule has 0 saturated carbocycles. The van der Waals surface area contributed by atoms with Gasteiger partial charge in [0.05, 0.1) is 30.7 Å². The smallest absolute Gasteiger partial charge is 0.219 e. The van der Waals surface area contributed by atoms with Crippen molar-refractivity contribution in [3.05, 3.63) is 18.1 Å². The highest BCUT2D eigenvalue weighted by Crippen LogP contribution is 2.28. The summed E-state index contributed by atoms with van der Waals surface area (Å²) in [4.78, 5) is 24.6. The molecule has 6 nitrogen and oxygen atoms in total. The van der Waals surface area contributed by atoms with Gasteiger partial charge < -0.3 is 14.9 Å². The molecular formula is C16H24N4O2. The third kappa shape index (κ3) is 3.06. The summed E-state index contributed by atoms with van der Waals surface area (Å²) < 4.78 is 0. The Morgan fingerprint density at radius 3 is 2.59 bits per heavy atom. The van der Waals surface area contributed by atoms with E-state index in [1.54, 1.807) is 6.92 Å². The summed E-state index contributed by atoms with van der Waals surface area (Å²) in [6.45, 7) is 4.36. The van der Waals surface area contributed by atoms with E-state index in [1.807, 2.05) is 17.3 Å². The van der Waals surface area contributed by atoms with Crippen LogP contribution in [0.25, 0.3) is 0 Å². The standard InChI is InChI=1S/C16H24N4O2/c1-12(22)19-7-4-13(5-8-19)15-9-18-16(10-17-15)20-6-2-3-14(20)11-21/h9-10,13-14,21H,2-8,11H2,1H3/t14-/m1/s1. The van der Waals surface area contributed by atoms with Gasteiger partial charge in [-0.25, -0.2) is 4.98 Å². The van der Waals surface area contributed by atoms with E-state index in [9.17, 15) is 9.90 Å². The maximum Gasteiger partial charge on any atom is 0.219 e. The molecule has 120 valence electrons.